The van der Waals surface area contributed by atoms with Gasteiger partial charge in [0, 0.05) is 22.1 Å². The number of amides is 2. The number of nitro groups is 1. The van der Waals surface area contributed by atoms with E-state index < -0.39 is 16.7 Å². The predicted octanol–water partition coefficient (Wildman–Crippen LogP) is 4.86. The molecule has 0 fully saturated rings. The number of hydrogen-bond donors (Lipinski definition) is 2. The standard InChI is InChI=1S/C22H27N3O4S/c1-5-22(3,4)13-9-10-15-17(11-13)30-21(18(15)19(23)26)24-20(27)14-7-6-8-16(12(14)2)25(28)29/h6-8,13H,5,9-11H2,1-4H3,(H2,23,26)(H,24,27). The molecule has 0 saturated carbocycles. The molecule has 7 nitrogen and oxygen atoms in total. The van der Waals surface area contributed by atoms with Gasteiger partial charge in [-0.05, 0) is 49.1 Å². The van der Waals surface area contributed by atoms with Crippen LogP contribution in [0.1, 0.15) is 70.3 Å². The Balaban J connectivity index is 1.95. The number of nitrogens with one attached hydrogen (secondary N) is 1. The summed E-state index contributed by atoms with van der Waals surface area (Å²) in [5.74, 6) is -0.550. The molecule has 1 atom stereocenters. The van der Waals surface area contributed by atoms with Crippen LogP contribution in [0.25, 0.3) is 0 Å². The summed E-state index contributed by atoms with van der Waals surface area (Å²) in [5.41, 5.74) is 7.53. The molecule has 0 bridgehead atoms. The van der Waals surface area contributed by atoms with Crippen molar-refractivity contribution in [3.63, 3.8) is 0 Å². The summed E-state index contributed by atoms with van der Waals surface area (Å²) in [5, 5.41) is 14.4. The molecule has 30 heavy (non-hydrogen) atoms. The quantitative estimate of drug-likeness (QED) is 0.504. The van der Waals surface area contributed by atoms with Crippen LogP contribution < -0.4 is 11.1 Å². The van der Waals surface area contributed by atoms with Crippen LogP contribution in [0.15, 0.2) is 18.2 Å². The van der Waals surface area contributed by atoms with Crippen LogP contribution >= 0.6 is 11.3 Å². The van der Waals surface area contributed by atoms with Gasteiger partial charge in [0.05, 0.1) is 10.5 Å². The first-order valence-corrected chi connectivity index (χ1v) is 10.9. The number of nitro benzene ring substituents is 1. The third kappa shape index (κ3) is 3.96. The Hall–Kier alpha value is -2.74. The first-order valence-electron chi connectivity index (χ1n) is 10.1. The highest BCUT2D eigenvalue weighted by atomic mass is 32.1. The summed E-state index contributed by atoms with van der Waals surface area (Å²) >= 11 is 1.39. The van der Waals surface area contributed by atoms with Gasteiger partial charge in [-0.25, -0.2) is 0 Å². The first kappa shape index (κ1) is 22.0. The van der Waals surface area contributed by atoms with Crippen LogP contribution in [0.5, 0.6) is 0 Å². The van der Waals surface area contributed by atoms with Crippen LogP contribution in [0.2, 0.25) is 0 Å². The molecule has 3 rings (SSSR count). The molecule has 1 aliphatic rings. The Morgan fingerprint density at radius 3 is 2.67 bits per heavy atom. The molecule has 0 radical (unpaired) electrons. The highest BCUT2D eigenvalue weighted by Gasteiger charge is 2.35. The average Bonchev–Trinajstić information content (AvgIpc) is 3.04. The zero-order valence-corrected chi connectivity index (χ0v) is 18.5. The summed E-state index contributed by atoms with van der Waals surface area (Å²) in [6.07, 6.45) is 3.65. The lowest BCUT2D eigenvalue weighted by Crippen LogP contribution is -2.29. The van der Waals surface area contributed by atoms with E-state index in [0.29, 0.717) is 16.5 Å². The minimum Gasteiger partial charge on any atom is -0.365 e. The number of primary amides is 1. The van der Waals surface area contributed by atoms with E-state index in [4.69, 9.17) is 5.73 Å². The number of anilines is 1. The predicted molar refractivity (Wildman–Crippen MR) is 118 cm³/mol. The second kappa shape index (κ2) is 8.18. The maximum absolute atomic E-state index is 12.9. The number of nitrogens with two attached hydrogens (primary N) is 1. The highest BCUT2D eigenvalue weighted by Crippen LogP contribution is 2.45. The van der Waals surface area contributed by atoms with Gasteiger partial charge in [-0.1, -0.05) is 33.3 Å². The number of rotatable bonds is 6. The van der Waals surface area contributed by atoms with E-state index in [9.17, 15) is 19.7 Å². The molecule has 0 saturated heterocycles. The molecule has 0 spiro atoms. The van der Waals surface area contributed by atoms with Crippen molar-refractivity contribution in [3.05, 3.63) is 55.4 Å². The van der Waals surface area contributed by atoms with Crippen molar-refractivity contribution in [2.75, 3.05) is 5.32 Å². The van der Waals surface area contributed by atoms with E-state index >= 15 is 0 Å². The molecule has 1 aromatic heterocycles. The second-order valence-electron chi connectivity index (χ2n) is 8.51. The summed E-state index contributed by atoms with van der Waals surface area (Å²) in [6, 6.07) is 4.38. The zero-order chi connectivity index (χ0) is 22.2. The van der Waals surface area contributed by atoms with E-state index in [1.165, 1.54) is 29.5 Å². The SMILES string of the molecule is CCC(C)(C)C1CCc2c(sc(NC(=O)c3cccc([N+](=O)[O-])c3C)c2C(N)=O)C1. The monoisotopic (exact) mass is 429 g/mol. The number of carbonyl (C=O) groups is 2. The maximum atomic E-state index is 12.9. The molecule has 8 heteroatoms. The molecule has 0 aliphatic heterocycles. The van der Waals surface area contributed by atoms with Crippen LogP contribution in [0, 0.1) is 28.4 Å². The van der Waals surface area contributed by atoms with Crippen LogP contribution in [-0.2, 0) is 12.8 Å². The lowest BCUT2D eigenvalue weighted by molar-refractivity contribution is -0.385. The number of nitrogens with zero attached hydrogens (tertiary/aromatic N) is 1. The lowest BCUT2D eigenvalue weighted by atomic mass is 9.69. The maximum Gasteiger partial charge on any atom is 0.273 e. The summed E-state index contributed by atoms with van der Waals surface area (Å²) in [6.45, 7) is 8.25. The summed E-state index contributed by atoms with van der Waals surface area (Å²) in [4.78, 5) is 36.9. The number of thiophene rings is 1. The molecule has 160 valence electrons. The van der Waals surface area contributed by atoms with Crippen molar-refractivity contribution in [2.45, 2.75) is 53.4 Å². The minimum atomic E-state index is -0.563. The number of benzene rings is 1. The van der Waals surface area contributed by atoms with Gasteiger partial charge in [-0.2, -0.15) is 0 Å². The van der Waals surface area contributed by atoms with Crippen molar-refractivity contribution < 1.29 is 14.5 Å². The van der Waals surface area contributed by atoms with Crippen molar-refractivity contribution in [3.8, 4) is 0 Å². The van der Waals surface area contributed by atoms with Crippen LogP contribution in [-0.4, -0.2) is 16.7 Å². The molecule has 2 amide bonds. The third-order valence-corrected chi connectivity index (χ3v) is 7.67. The lowest BCUT2D eigenvalue weighted by Gasteiger charge is -2.36. The van der Waals surface area contributed by atoms with E-state index in [2.05, 4.69) is 26.1 Å². The number of fused-ring (bicyclic) bond motifs is 1. The minimum absolute atomic E-state index is 0.118. The van der Waals surface area contributed by atoms with Gasteiger partial charge in [-0.15, -0.1) is 11.3 Å². The van der Waals surface area contributed by atoms with E-state index in [0.717, 1.165) is 36.1 Å². The van der Waals surface area contributed by atoms with Gasteiger partial charge in [0.25, 0.3) is 17.5 Å². The summed E-state index contributed by atoms with van der Waals surface area (Å²) < 4.78 is 0. The smallest absolute Gasteiger partial charge is 0.273 e. The van der Waals surface area contributed by atoms with Crippen LogP contribution in [0.3, 0.4) is 0 Å². The van der Waals surface area contributed by atoms with Gasteiger partial charge < -0.3 is 11.1 Å². The highest BCUT2D eigenvalue weighted by molar-refractivity contribution is 7.17. The number of carbonyl (C=O) groups excluding carboxylic acids is 2. The first-order chi connectivity index (χ1) is 14.1. The zero-order valence-electron chi connectivity index (χ0n) is 17.7. The number of hydrogen-bond acceptors (Lipinski definition) is 5. The molecule has 2 aromatic rings. The van der Waals surface area contributed by atoms with E-state index in [1.54, 1.807) is 6.92 Å². The van der Waals surface area contributed by atoms with Gasteiger partial charge in [0.2, 0.25) is 0 Å². The topological polar surface area (TPSA) is 115 Å². The fraction of sp³-hybridized carbons (Fsp3) is 0.455. The Morgan fingerprint density at radius 2 is 2.07 bits per heavy atom. The van der Waals surface area contributed by atoms with E-state index in [-0.39, 0.29) is 22.2 Å². The third-order valence-electron chi connectivity index (χ3n) is 6.50. The Labute approximate surface area is 179 Å². The molecule has 1 aliphatic carbocycles. The van der Waals surface area contributed by atoms with Crippen molar-refractivity contribution in [1.82, 2.24) is 0 Å². The Kier molecular flexibility index (Phi) is 5.99. The average molecular weight is 430 g/mol. The van der Waals surface area contributed by atoms with Crippen molar-refractivity contribution >= 4 is 33.8 Å². The van der Waals surface area contributed by atoms with Gasteiger partial charge in [0.15, 0.2) is 0 Å². The summed E-state index contributed by atoms with van der Waals surface area (Å²) in [7, 11) is 0. The van der Waals surface area contributed by atoms with Gasteiger partial charge in [0.1, 0.15) is 5.00 Å². The van der Waals surface area contributed by atoms with Crippen molar-refractivity contribution in [1.29, 1.82) is 0 Å². The normalized spacial score (nSPS) is 16.1. The molecule has 1 aromatic carbocycles. The van der Waals surface area contributed by atoms with Gasteiger partial charge in [-0.3, -0.25) is 19.7 Å². The fourth-order valence-corrected chi connectivity index (χ4v) is 5.46. The Bertz CT molecular complexity index is 1030. The fourth-order valence-electron chi connectivity index (χ4n) is 4.13. The Morgan fingerprint density at radius 1 is 1.37 bits per heavy atom. The molecule has 1 heterocycles. The molecule has 1 unspecified atom stereocenters. The molecular weight excluding hydrogens is 402 g/mol. The molecular formula is C22H27N3O4S. The van der Waals surface area contributed by atoms with E-state index in [1.807, 2.05) is 0 Å². The second-order valence-corrected chi connectivity index (χ2v) is 9.62. The van der Waals surface area contributed by atoms with Gasteiger partial charge >= 0.3 is 0 Å². The largest absolute Gasteiger partial charge is 0.365 e. The van der Waals surface area contributed by atoms with Crippen LogP contribution in [0.4, 0.5) is 10.7 Å². The van der Waals surface area contributed by atoms with Crippen molar-refractivity contribution in [2.24, 2.45) is 17.1 Å². The molecule has 3 N–H and O–H groups in total.